The molecule has 0 bridgehead atoms. The zero-order valence-electron chi connectivity index (χ0n) is 10.3. The van der Waals surface area contributed by atoms with Gasteiger partial charge in [-0.15, -0.1) is 0 Å². The van der Waals surface area contributed by atoms with Crippen molar-refractivity contribution in [3.05, 3.63) is 71.3 Å². The van der Waals surface area contributed by atoms with Gasteiger partial charge in [-0.1, -0.05) is 48.5 Å². The fraction of sp³-hybridized carbons (Fsp3) is 0.0667. The molecule has 0 heterocycles. The summed E-state index contributed by atoms with van der Waals surface area (Å²) in [4.78, 5) is 11.0. The minimum atomic E-state index is -0.954. The third-order valence-electron chi connectivity index (χ3n) is 2.61. The van der Waals surface area contributed by atoms with E-state index < -0.39 is 5.97 Å². The van der Waals surface area contributed by atoms with Crippen molar-refractivity contribution >= 4 is 12.2 Å². The Morgan fingerprint density at radius 1 is 1.11 bits per heavy atom. The molecular weight excluding hydrogens is 240 g/mol. The largest absolute Gasteiger partial charge is 0.478 e. The van der Waals surface area contributed by atoms with Crippen molar-refractivity contribution in [2.45, 2.75) is 6.54 Å². The average molecular weight is 254 g/mol. The van der Waals surface area contributed by atoms with Crippen LogP contribution in [0.1, 0.15) is 21.5 Å². The van der Waals surface area contributed by atoms with E-state index in [0.717, 1.165) is 5.56 Å². The third-order valence-corrected chi connectivity index (χ3v) is 2.61. The molecule has 0 radical (unpaired) electrons. The molecule has 0 atom stereocenters. The molecule has 19 heavy (non-hydrogen) atoms. The van der Waals surface area contributed by atoms with Crippen molar-refractivity contribution < 1.29 is 9.90 Å². The number of hydrogen-bond donors (Lipinski definition) is 2. The van der Waals surface area contributed by atoms with Crippen LogP contribution in [0.2, 0.25) is 0 Å². The van der Waals surface area contributed by atoms with Crippen LogP contribution in [0.3, 0.4) is 0 Å². The first-order valence-corrected chi connectivity index (χ1v) is 5.89. The maximum atomic E-state index is 11.0. The Kier molecular flexibility index (Phi) is 4.29. The van der Waals surface area contributed by atoms with Crippen molar-refractivity contribution in [2.24, 2.45) is 5.10 Å². The molecule has 0 spiro atoms. The number of hydrogen-bond acceptors (Lipinski definition) is 3. The maximum absolute atomic E-state index is 11.0. The molecule has 2 aromatic rings. The van der Waals surface area contributed by atoms with Gasteiger partial charge in [0.05, 0.1) is 18.3 Å². The molecule has 0 aliphatic carbocycles. The van der Waals surface area contributed by atoms with Gasteiger partial charge in [0.1, 0.15) is 0 Å². The summed E-state index contributed by atoms with van der Waals surface area (Å²) in [5.41, 5.74) is 4.83. The predicted molar refractivity (Wildman–Crippen MR) is 74.3 cm³/mol. The second kappa shape index (κ2) is 6.35. The fourth-order valence-electron chi connectivity index (χ4n) is 1.65. The standard InChI is InChI=1S/C15H14N2O2/c18-15(19)14-9-5-4-8-13(14)11-17-16-10-12-6-2-1-3-7-12/h1-9,11,16H,10H2,(H,18,19). The molecule has 96 valence electrons. The van der Waals surface area contributed by atoms with Gasteiger partial charge in [0.15, 0.2) is 0 Å². The first-order chi connectivity index (χ1) is 9.27. The van der Waals surface area contributed by atoms with Crippen LogP contribution in [-0.2, 0) is 6.54 Å². The molecule has 4 nitrogen and oxygen atoms in total. The molecule has 0 saturated heterocycles. The summed E-state index contributed by atoms with van der Waals surface area (Å²) in [7, 11) is 0. The molecule has 4 heteroatoms. The number of nitrogens with zero attached hydrogens (tertiary/aromatic N) is 1. The zero-order chi connectivity index (χ0) is 13.5. The number of hydrazone groups is 1. The smallest absolute Gasteiger partial charge is 0.336 e. The van der Waals surface area contributed by atoms with Gasteiger partial charge in [0.2, 0.25) is 0 Å². The Bertz CT molecular complexity index is 580. The SMILES string of the molecule is O=C(O)c1ccccc1C=NNCc1ccccc1. The number of rotatable bonds is 5. The number of carbonyl (C=O) groups is 1. The summed E-state index contributed by atoms with van der Waals surface area (Å²) in [6, 6.07) is 16.6. The topological polar surface area (TPSA) is 61.7 Å². The van der Waals surface area contributed by atoms with Gasteiger partial charge >= 0.3 is 5.97 Å². The lowest BCUT2D eigenvalue weighted by atomic mass is 10.1. The van der Waals surface area contributed by atoms with Crippen LogP contribution in [0, 0.1) is 0 Å². The van der Waals surface area contributed by atoms with Crippen LogP contribution >= 0.6 is 0 Å². The Hall–Kier alpha value is -2.62. The predicted octanol–water partition coefficient (Wildman–Crippen LogP) is 2.51. The highest BCUT2D eigenvalue weighted by Gasteiger charge is 2.06. The summed E-state index contributed by atoms with van der Waals surface area (Å²) >= 11 is 0. The molecule has 0 aliphatic rings. The lowest BCUT2D eigenvalue weighted by Crippen LogP contribution is -2.07. The van der Waals surface area contributed by atoms with Crippen LogP contribution in [0.4, 0.5) is 0 Å². The van der Waals surface area contributed by atoms with Crippen LogP contribution < -0.4 is 5.43 Å². The van der Waals surface area contributed by atoms with Crippen molar-refractivity contribution in [3.63, 3.8) is 0 Å². The van der Waals surface area contributed by atoms with Crippen LogP contribution in [0.15, 0.2) is 59.7 Å². The van der Waals surface area contributed by atoms with E-state index in [1.807, 2.05) is 30.3 Å². The van der Waals surface area contributed by atoms with E-state index in [1.165, 1.54) is 6.21 Å². The molecule has 0 saturated carbocycles. The van der Waals surface area contributed by atoms with Crippen LogP contribution in [0.5, 0.6) is 0 Å². The zero-order valence-corrected chi connectivity index (χ0v) is 10.3. The summed E-state index contributed by atoms with van der Waals surface area (Å²) in [5.74, 6) is -0.954. The van der Waals surface area contributed by atoms with Gasteiger partial charge in [0.25, 0.3) is 0 Å². The van der Waals surface area contributed by atoms with Gasteiger partial charge in [-0.25, -0.2) is 4.79 Å². The van der Waals surface area contributed by atoms with Gasteiger partial charge in [-0.2, -0.15) is 5.10 Å². The van der Waals surface area contributed by atoms with E-state index >= 15 is 0 Å². The Labute approximate surface area is 111 Å². The highest BCUT2D eigenvalue weighted by Crippen LogP contribution is 2.05. The first-order valence-electron chi connectivity index (χ1n) is 5.89. The molecule has 0 unspecified atom stereocenters. The summed E-state index contributed by atoms with van der Waals surface area (Å²) < 4.78 is 0. The number of carboxylic acids is 1. The second-order valence-electron chi connectivity index (χ2n) is 3.97. The molecule has 0 aromatic heterocycles. The summed E-state index contributed by atoms with van der Waals surface area (Å²) in [6.07, 6.45) is 1.52. The highest BCUT2D eigenvalue weighted by molar-refractivity contribution is 5.98. The van der Waals surface area contributed by atoms with Crippen molar-refractivity contribution in [2.75, 3.05) is 0 Å². The average Bonchev–Trinajstić information content (AvgIpc) is 2.45. The minimum absolute atomic E-state index is 0.243. The van der Waals surface area contributed by atoms with Gasteiger partial charge in [0, 0.05) is 5.56 Å². The van der Waals surface area contributed by atoms with E-state index in [1.54, 1.807) is 24.3 Å². The van der Waals surface area contributed by atoms with Crippen molar-refractivity contribution in [3.8, 4) is 0 Å². The first kappa shape index (κ1) is 12.8. The highest BCUT2D eigenvalue weighted by atomic mass is 16.4. The Morgan fingerprint density at radius 2 is 1.79 bits per heavy atom. The molecule has 2 rings (SSSR count). The number of benzene rings is 2. The van der Waals surface area contributed by atoms with Gasteiger partial charge < -0.3 is 10.5 Å². The number of aromatic carboxylic acids is 1. The lowest BCUT2D eigenvalue weighted by molar-refractivity contribution is 0.0697. The number of nitrogens with one attached hydrogen (secondary N) is 1. The third kappa shape index (κ3) is 3.67. The van der Waals surface area contributed by atoms with Crippen molar-refractivity contribution in [1.29, 1.82) is 0 Å². The van der Waals surface area contributed by atoms with Crippen LogP contribution in [-0.4, -0.2) is 17.3 Å². The molecule has 2 aromatic carbocycles. The van der Waals surface area contributed by atoms with Crippen LogP contribution in [0.25, 0.3) is 0 Å². The summed E-state index contributed by atoms with van der Waals surface area (Å²) in [6.45, 7) is 0.604. The van der Waals surface area contributed by atoms with E-state index in [-0.39, 0.29) is 5.56 Å². The van der Waals surface area contributed by atoms with Gasteiger partial charge in [-0.3, -0.25) is 0 Å². The lowest BCUT2D eigenvalue weighted by Gasteiger charge is -2.01. The van der Waals surface area contributed by atoms with E-state index in [2.05, 4.69) is 10.5 Å². The summed E-state index contributed by atoms with van der Waals surface area (Å²) in [5, 5.41) is 13.1. The number of carboxylic acid groups (broad SMARTS) is 1. The fourth-order valence-corrected chi connectivity index (χ4v) is 1.65. The quantitative estimate of drug-likeness (QED) is 0.636. The monoisotopic (exact) mass is 254 g/mol. The minimum Gasteiger partial charge on any atom is -0.478 e. The normalized spacial score (nSPS) is 10.5. The molecule has 0 fully saturated rings. The van der Waals surface area contributed by atoms with E-state index in [0.29, 0.717) is 12.1 Å². The van der Waals surface area contributed by atoms with Gasteiger partial charge in [-0.05, 0) is 11.6 Å². The Balaban J connectivity index is 1.98. The maximum Gasteiger partial charge on any atom is 0.336 e. The van der Waals surface area contributed by atoms with E-state index in [9.17, 15) is 4.79 Å². The molecular formula is C15H14N2O2. The van der Waals surface area contributed by atoms with E-state index in [4.69, 9.17) is 5.11 Å². The molecule has 0 aliphatic heterocycles. The second-order valence-corrected chi connectivity index (χ2v) is 3.97. The molecule has 2 N–H and O–H groups in total. The van der Waals surface area contributed by atoms with Crippen molar-refractivity contribution in [1.82, 2.24) is 5.43 Å². The Morgan fingerprint density at radius 3 is 2.53 bits per heavy atom. The molecule has 0 amide bonds.